The third-order valence-corrected chi connectivity index (χ3v) is 4.68. The van der Waals surface area contributed by atoms with Gasteiger partial charge in [-0.3, -0.25) is 0 Å². The second kappa shape index (κ2) is 6.55. The van der Waals surface area contributed by atoms with Gasteiger partial charge in [0.1, 0.15) is 11.5 Å². The molecule has 1 atom stereocenters. The number of hydrogen-bond donors (Lipinski definition) is 1. The molecule has 1 N–H and O–H groups in total. The summed E-state index contributed by atoms with van der Waals surface area (Å²) in [6.45, 7) is 0. The van der Waals surface area contributed by atoms with Gasteiger partial charge in [-0.2, -0.15) is 0 Å². The van der Waals surface area contributed by atoms with E-state index in [1.807, 2.05) is 18.2 Å². The van der Waals surface area contributed by atoms with Crippen LogP contribution in [-0.4, -0.2) is 11.2 Å². The molecule has 1 aliphatic rings. The van der Waals surface area contributed by atoms with E-state index in [4.69, 9.17) is 9.26 Å². The Labute approximate surface area is 130 Å². The smallest absolute Gasteiger partial charge is 0.413 e. The first-order valence-corrected chi connectivity index (χ1v) is 9.20. The van der Waals surface area contributed by atoms with Gasteiger partial charge in [0.05, 0.1) is 0 Å². The normalized spacial score (nSPS) is 16.4. The zero-order chi connectivity index (χ0) is 15.4. The molecule has 1 aliphatic carbocycles. The fourth-order valence-electron chi connectivity index (χ4n) is 2.71. The van der Waals surface area contributed by atoms with Gasteiger partial charge in [-0.05, 0) is 55.0 Å². The highest BCUT2D eigenvalue weighted by Crippen LogP contribution is 2.43. The first-order chi connectivity index (χ1) is 10.6. The molecule has 2 aromatic rings. The van der Waals surface area contributed by atoms with Gasteiger partial charge in [-0.25, -0.2) is 4.57 Å². The molecule has 0 saturated heterocycles. The van der Waals surface area contributed by atoms with Crippen molar-refractivity contribution in [3.8, 4) is 11.5 Å². The van der Waals surface area contributed by atoms with Crippen molar-refractivity contribution in [2.24, 2.45) is 0 Å². The second-order valence-electron chi connectivity index (χ2n) is 5.42. The summed E-state index contributed by atoms with van der Waals surface area (Å²) < 4.78 is 22.9. The van der Waals surface area contributed by atoms with Gasteiger partial charge in [0.25, 0.3) is 0 Å². The van der Waals surface area contributed by atoms with Gasteiger partial charge in [-0.15, -0.1) is 0 Å². The fourth-order valence-corrected chi connectivity index (χ4v) is 3.51. The summed E-state index contributed by atoms with van der Waals surface area (Å²) in [6.07, 6.45) is 3.97. The quantitative estimate of drug-likeness (QED) is 0.841. The molecule has 22 heavy (non-hydrogen) atoms. The molecule has 5 heteroatoms. The van der Waals surface area contributed by atoms with Crippen LogP contribution in [0.3, 0.4) is 0 Å². The minimum atomic E-state index is -3.84. The van der Waals surface area contributed by atoms with E-state index in [1.165, 1.54) is 12.0 Å². The van der Waals surface area contributed by atoms with Gasteiger partial charge >= 0.3 is 7.60 Å². The summed E-state index contributed by atoms with van der Waals surface area (Å²) in [7, 11) is -3.84. The Kier molecular flexibility index (Phi) is 4.51. The molecule has 0 fully saturated rings. The molecule has 2 aromatic carbocycles. The minimum Gasteiger partial charge on any atom is -0.479 e. The molecule has 0 saturated carbocycles. The Morgan fingerprint density at radius 3 is 2.59 bits per heavy atom. The monoisotopic (exact) mass is 318 g/mol. The Bertz CT molecular complexity index is 684. The van der Waals surface area contributed by atoms with Crippen molar-refractivity contribution in [2.75, 3.05) is 6.35 Å². The maximum absolute atomic E-state index is 12.1. The molecule has 0 heterocycles. The van der Waals surface area contributed by atoms with Crippen LogP contribution in [0.1, 0.15) is 24.0 Å². The van der Waals surface area contributed by atoms with Crippen molar-refractivity contribution in [3.05, 3.63) is 59.7 Å². The molecule has 0 bridgehead atoms. The minimum absolute atomic E-state index is 0.349. The maximum atomic E-state index is 12.1. The van der Waals surface area contributed by atoms with Crippen molar-refractivity contribution < 1.29 is 18.7 Å². The number of ether oxygens (including phenoxy) is 1. The lowest BCUT2D eigenvalue weighted by Crippen LogP contribution is -2.09. The lowest BCUT2D eigenvalue weighted by molar-refractivity contribution is 0.303. The number of benzene rings is 2. The Morgan fingerprint density at radius 1 is 1.00 bits per heavy atom. The lowest BCUT2D eigenvalue weighted by Gasteiger charge is -2.20. The topological polar surface area (TPSA) is 55.8 Å². The fraction of sp³-hybridized carbons (Fsp3) is 0.294. The largest absolute Gasteiger partial charge is 0.479 e. The summed E-state index contributed by atoms with van der Waals surface area (Å²) in [4.78, 5) is 9.94. The molecule has 0 aromatic heterocycles. The van der Waals surface area contributed by atoms with Crippen LogP contribution in [0.15, 0.2) is 48.5 Å². The highest BCUT2D eigenvalue weighted by atomic mass is 31.2. The first kappa shape index (κ1) is 15.1. The number of para-hydroxylation sites is 1. The Morgan fingerprint density at radius 2 is 1.77 bits per heavy atom. The first-order valence-electron chi connectivity index (χ1n) is 7.44. The third-order valence-electron chi connectivity index (χ3n) is 3.73. The van der Waals surface area contributed by atoms with Crippen molar-refractivity contribution in [3.63, 3.8) is 0 Å². The van der Waals surface area contributed by atoms with E-state index < -0.39 is 7.60 Å². The van der Waals surface area contributed by atoms with E-state index in [2.05, 4.69) is 6.07 Å². The lowest BCUT2D eigenvalue weighted by atomic mass is 9.91. The van der Waals surface area contributed by atoms with E-state index in [0.29, 0.717) is 11.5 Å². The van der Waals surface area contributed by atoms with E-state index in [0.717, 1.165) is 24.8 Å². The number of fused-ring (bicyclic) bond motifs is 1. The average molecular weight is 318 g/mol. The van der Waals surface area contributed by atoms with Crippen LogP contribution < -0.4 is 9.26 Å². The van der Waals surface area contributed by atoms with Gasteiger partial charge in [0.2, 0.25) is 6.35 Å². The van der Waals surface area contributed by atoms with Crippen LogP contribution in [0.4, 0.5) is 0 Å². The van der Waals surface area contributed by atoms with Crippen molar-refractivity contribution in [2.45, 2.75) is 25.7 Å². The van der Waals surface area contributed by atoms with Crippen LogP contribution >= 0.6 is 7.60 Å². The van der Waals surface area contributed by atoms with Gasteiger partial charge in [0.15, 0.2) is 0 Å². The molecule has 0 spiro atoms. The molecule has 0 aliphatic heterocycles. The van der Waals surface area contributed by atoms with Crippen LogP contribution in [-0.2, 0) is 17.4 Å². The van der Waals surface area contributed by atoms with E-state index in [9.17, 15) is 9.46 Å². The van der Waals surface area contributed by atoms with Crippen LogP contribution in [0.5, 0.6) is 11.5 Å². The maximum Gasteiger partial charge on any atom is 0.413 e. The molecule has 3 rings (SSSR count). The van der Waals surface area contributed by atoms with Gasteiger partial charge in [-0.1, -0.05) is 30.3 Å². The summed E-state index contributed by atoms with van der Waals surface area (Å²) >= 11 is 0. The standard InChI is InChI=1S/C17H19O4P/c18-22(19,21-15-9-2-1-3-10-15)13-20-17-12-6-8-14-7-4-5-11-16(14)17/h1-3,6,8-10,12H,4-5,7,11,13H2,(H,18,19). The van der Waals surface area contributed by atoms with E-state index in [-0.39, 0.29) is 6.35 Å². The summed E-state index contributed by atoms with van der Waals surface area (Å²) in [5, 5.41) is 0. The highest BCUT2D eigenvalue weighted by molar-refractivity contribution is 7.53. The highest BCUT2D eigenvalue weighted by Gasteiger charge is 2.23. The van der Waals surface area contributed by atoms with E-state index >= 15 is 0 Å². The Hall–Kier alpha value is -1.77. The molecule has 0 amide bonds. The molecular formula is C17H19O4P. The number of hydrogen-bond acceptors (Lipinski definition) is 3. The van der Waals surface area contributed by atoms with Crippen molar-refractivity contribution in [1.82, 2.24) is 0 Å². The zero-order valence-corrected chi connectivity index (χ0v) is 13.2. The number of aryl methyl sites for hydroxylation is 1. The molecule has 4 nitrogen and oxygen atoms in total. The van der Waals surface area contributed by atoms with Crippen LogP contribution in [0.2, 0.25) is 0 Å². The van der Waals surface area contributed by atoms with Crippen LogP contribution in [0.25, 0.3) is 0 Å². The van der Waals surface area contributed by atoms with Crippen LogP contribution in [0, 0.1) is 0 Å². The summed E-state index contributed by atoms with van der Waals surface area (Å²) in [5.74, 6) is 1.06. The predicted octanol–water partition coefficient (Wildman–Crippen LogP) is 4.17. The average Bonchev–Trinajstić information content (AvgIpc) is 2.53. The van der Waals surface area contributed by atoms with Gasteiger partial charge < -0.3 is 14.2 Å². The van der Waals surface area contributed by atoms with Crippen molar-refractivity contribution in [1.29, 1.82) is 0 Å². The van der Waals surface area contributed by atoms with E-state index in [1.54, 1.807) is 24.3 Å². The third kappa shape index (κ3) is 3.70. The summed E-state index contributed by atoms with van der Waals surface area (Å²) in [5.41, 5.74) is 2.44. The predicted molar refractivity (Wildman–Crippen MR) is 85.5 cm³/mol. The Balaban J connectivity index is 1.68. The molecular weight excluding hydrogens is 299 g/mol. The van der Waals surface area contributed by atoms with Gasteiger partial charge in [0, 0.05) is 0 Å². The molecule has 116 valence electrons. The zero-order valence-electron chi connectivity index (χ0n) is 12.3. The van der Waals surface area contributed by atoms with Crippen molar-refractivity contribution >= 4 is 7.60 Å². The molecule has 1 unspecified atom stereocenters. The number of rotatable bonds is 5. The SMILES string of the molecule is O=P(O)(COc1cccc2c1CCCC2)Oc1ccccc1. The second-order valence-corrected chi connectivity index (χ2v) is 7.13. The summed E-state index contributed by atoms with van der Waals surface area (Å²) in [6, 6.07) is 14.5. The molecule has 0 radical (unpaired) electrons.